The van der Waals surface area contributed by atoms with Gasteiger partial charge >= 0.3 is 0 Å². The Balaban J connectivity index is 2.05. The molecule has 16 heavy (non-hydrogen) atoms. The van der Waals surface area contributed by atoms with Crippen molar-refractivity contribution in [2.24, 2.45) is 5.92 Å². The van der Waals surface area contributed by atoms with Crippen LogP contribution in [0.1, 0.15) is 42.6 Å². The fourth-order valence-electron chi connectivity index (χ4n) is 2.63. The molecule has 1 unspecified atom stereocenters. The molecule has 2 rings (SSSR count). The number of nitrogens with zero attached hydrogens (tertiary/aromatic N) is 2. The summed E-state index contributed by atoms with van der Waals surface area (Å²) in [7, 11) is 0. The summed E-state index contributed by atoms with van der Waals surface area (Å²) in [6.07, 6.45) is 4.69. The normalized spacial score (nSPS) is 19.2. The molecule has 0 spiro atoms. The van der Waals surface area contributed by atoms with Gasteiger partial charge in [0, 0.05) is 5.69 Å². The van der Waals surface area contributed by atoms with E-state index in [0.29, 0.717) is 12.5 Å². The van der Waals surface area contributed by atoms with Gasteiger partial charge in [0.25, 0.3) is 0 Å². The van der Waals surface area contributed by atoms with Gasteiger partial charge in [-0.3, -0.25) is 4.68 Å². The Morgan fingerprint density at radius 1 is 1.31 bits per heavy atom. The zero-order chi connectivity index (χ0) is 11.7. The highest BCUT2D eigenvalue weighted by Gasteiger charge is 2.24. The van der Waals surface area contributed by atoms with Crippen LogP contribution in [0.15, 0.2) is 0 Å². The third-order valence-electron chi connectivity index (χ3n) is 4.05. The smallest absolute Gasteiger partial charge is 0.0764 e. The second-order valence-electron chi connectivity index (χ2n) is 5.09. The first-order chi connectivity index (χ1) is 7.59. The highest BCUT2D eigenvalue weighted by molar-refractivity contribution is 5.22. The van der Waals surface area contributed by atoms with Crippen LogP contribution >= 0.6 is 0 Å². The fourth-order valence-corrected chi connectivity index (χ4v) is 2.63. The van der Waals surface area contributed by atoms with Crippen LogP contribution in [0.5, 0.6) is 0 Å². The molecule has 1 N–H and O–H groups in total. The molecule has 0 bridgehead atoms. The summed E-state index contributed by atoms with van der Waals surface area (Å²) >= 11 is 0. The van der Waals surface area contributed by atoms with Gasteiger partial charge < -0.3 is 5.11 Å². The molecule has 90 valence electrons. The number of rotatable bonds is 3. The average Bonchev–Trinajstić information content (AvgIpc) is 2.85. The molecule has 1 aliphatic carbocycles. The molecule has 1 aromatic rings. The van der Waals surface area contributed by atoms with Gasteiger partial charge in [0.05, 0.1) is 18.3 Å². The quantitative estimate of drug-likeness (QED) is 0.852. The van der Waals surface area contributed by atoms with Crippen LogP contribution < -0.4 is 0 Å². The molecule has 0 saturated heterocycles. The first-order valence-corrected chi connectivity index (χ1v) is 6.28. The van der Waals surface area contributed by atoms with Crippen LogP contribution in [-0.4, -0.2) is 21.0 Å². The summed E-state index contributed by atoms with van der Waals surface area (Å²) in [5.74, 6) is 0.490. The van der Waals surface area contributed by atoms with E-state index in [1.807, 2.05) is 11.6 Å². The van der Waals surface area contributed by atoms with Crippen molar-refractivity contribution in [1.29, 1.82) is 0 Å². The molecule has 0 aliphatic heterocycles. The second kappa shape index (κ2) is 4.58. The minimum Gasteiger partial charge on any atom is -0.391 e. The van der Waals surface area contributed by atoms with Crippen molar-refractivity contribution in [1.82, 2.24) is 9.78 Å². The molecule has 0 radical (unpaired) electrons. The van der Waals surface area contributed by atoms with Crippen LogP contribution in [0.2, 0.25) is 0 Å². The summed E-state index contributed by atoms with van der Waals surface area (Å²) < 4.78 is 1.97. The maximum absolute atomic E-state index is 10.2. The van der Waals surface area contributed by atoms with Crippen LogP contribution in [0.25, 0.3) is 0 Å². The zero-order valence-corrected chi connectivity index (χ0v) is 10.5. The lowest BCUT2D eigenvalue weighted by atomic mass is 10.0. The van der Waals surface area contributed by atoms with Crippen molar-refractivity contribution in [3.05, 3.63) is 17.0 Å². The molecule has 1 aliphatic rings. The average molecular weight is 222 g/mol. The van der Waals surface area contributed by atoms with E-state index in [-0.39, 0.29) is 6.10 Å². The van der Waals surface area contributed by atoms with Gasteiger partial charge in [0.1, 0.15) is 0 Å². The fraction of sp³-hybridized carbons (Fsp3) is 0.769. The second-order valence-corrected chi connectivity index (χ2v) is 5.09. The Bertz CT molecular complexity index is 364. The Hall–Kier alpha value is -0.830. The molecule has 3 nitrogen and oxygen atoms in total. The van der Waals surface area contributed by atoms with Crippen LogP contribution in [0, 0.1) is 26.7 Å². The van der Waals surface area contributed by atoms with E-state index in [2.05, 4.69) is 18.9 Å². The van der Waals surface area contributed by atoms with E-state index >= 15 is 0 Å². The third-order valence-corrected chi connectivity index (χ3v) is 4.05. The van der Waals surface area contributed by atoms with E-state index in [1.165, 1.54) is 36.9 Å². The van der Waals surface area contributed by atoms with Gasteiger partial charge in [-0.15, -0.1) is 0 Å². The Morgan fingerprint density at radius 3 is 2.44 bits per heavy atom. The van der Waals surface area contributed by atoms with Crippen molar-refractivity contribution in [3.8, 4) is 0 Å². The van der Waals surface area contributed by atoms with E-state index in [0.717, 1.165) is 5.69 Å². The zero-order valence-electron chi connectivity index (χ0n) is 10.5. The van der Waals surface area contributed by atoms with Crippen molar-refractivity contribution in [3.63, 3.8) is 0 Å². The van der Waals surface area contributed by atoms with Crippen molar-refractivity contribution in [2.45, 2.75) is 59.1 Å². The molecule has 3 heteroatoms. The summed E-state index contributed by atoms with van der Waals surface area (Å²) in [6.45, 7) is 6.86. The number of aryl methyl sites for hydroxylation is 1. The van der Waals surface area contributed by atoms with Crippen LogP contribution in [0.3, 0.4) is 0 Å². The van der Waals surface area contributed by atoms with Crippen molar-refractivity contribution in [2.75, 3.05) is 0 Å². The summed E-state index contributed by atoms with van der Waals surface area (Å²) in [6, 6.07) is 0. The molecular formula is C13H22N2O. The van der Waals surface area contributed by atoms with Gasteiger partial charge in [0.2, 0.25) is 0 Å². The number of hydrogen-bond donors (Lipinski definition) is 1. The molecule has 1 atom stereocenters. The lowest BCUT2D eigenvalue weighted by Gasteiger charge is -2.18. The molecule has 1 heterocycles. The predicted octanol–water partition coefficient (Wildman–Crippen LogP) is 2.36. The lowest BCUT2D eigenvalue weighted by molar-refractivity contribution is 0.0886. The minimum absolute atomic E-state index is 0.222. The SMILES string of the molecule is Cc1nn(CC(O)C2CCCC2)c(C)c1C. The first-order valence-electron chi connectivity index (χ1n) is 6.28. The monoisotopic (exact) mass is 222 g/mol. The minimum atomic E-state index is -0.222. The molecule has 1 aromatic heterocycles. The third kappa shape index (κ3) is 2.14. The van der Waals surface area contributed by atoms with Gasteiger partial charge in [0.15, 0.2) is 0 Å². The van der Waals surface area contributed by atoms with Crippen LogP contribution in [0.4, 0.5) is 0 Å². The highest BCUT2D eigenvalue weighted by Crippen LogP contribution is 2.28. The number of aromatic nitrogens is 2. The number of aliphatic hydroxyl groups is 1. The standard InChI is InChI=1S/C13H22N2O/c1-9-10(2)14-15(11(9)3)8-13(16)12-6-4-5-7-12/h12-13,16H,4-8H2,1-3H3. The van der Waals surface area contributed by atoms with E-state index in [1.54, 1.807) is 0 Å². The van der Waals surface area contributed by atoms with E-state index in [9.17, 15) is 5.11 Å². The molecular weight excluding hydrogens is 200 g/mol. The largest absolute Gasteiger partial charge is 0.391 e. The van der Waals surface area contributed by atoms with Gasteiger partial charge in [-0.2, -0.15) is 5.10 Å². The maximum atomic E-state index is 10.2. The highest BCUT2D eigenvalue weighted by atomic mass is 16.3. The summed E-state index contributed by atoms with van der Waals surface area (Å²) in [5.41, 5.74) is 3.52. The lowest BCUT2D eigenvalue weighted by Crippen LogP contribution is -2.25. The number of aliphatic hydroxyl groups excluding tert-OH is 1. The molecule has 0 aromatic carbocycles. The Kier molecular flexibility index (Phi) is 3.33. The molecule has 1 fully saturated rings. The topological polar surface area (TPSA) is 38.0 Å². The van der Waals surface area contributed by atoms with Crippen LogP contribution in [-0.2, 0) is 6.54 Å². The Labute approximate surface area is 97.5 Å². The van der Waals surface area contributed by atoms with Gasteiger partial charge in [-0.25, -0.2) is 0 Å². The summed E-state index contributed by atoms with van der Waals surface area (Å²) in [5, 5.41) is 14.6. The van der Waals surface area contributed by atoms with Crippen molar-refractivity contribution < 1.29 is 5.11 Å². The number of hydrogen-bond acceptors (Lipinski definition) is 2. The molecule has 0 amide bonds. The maximum Gasteiger partial charge on any atom is 0.0764 e. The van der Waals surface area contributed by atoms with E-state index in [4.69, 9.17) is 0 Å². The van der Waals surface area contributed by atoms with E-state index < -0.39 is 0 Å². The summed E-state index contributed by atoms with van der Waals surface area (Å²) in [4.78, 5) is 0. The first kappa shape index (κ1) is 11.6. The Morgan fingerprint density at radius 2 is 1.94 bits per heavy atom. The van der Waals surface area contributed by atoms with Gasteiger partial charge in [-0.1, -0.05) is 12.8 Å². The molecule has 1 saturated carbocycles. The van der Waals surface area contributed by atoms with Gasteiger partial charge in [-0.05, 0) is 45.1 Å². The predicted molar refractivity (Wildman–Crippen MR) is 64.4 cm³/mol. The van der Waals surface area contributed by atoms with Crippen molar-refractivity contribution >= 4 is 0 Å².